The number of rotatable bonds is 47. The number of aliphatic hydroxyl groups is 1. The number of aliphatic carboxylic acids is 1. The zero-order valence-corrected chi connectivity index (χ0v) is 74.1. The molecule has 1 heterocycles. The van der Waals surface area contributed by atoms with Gasteiger partial charge in [0.2, 0.25) is 100 Å². The lowest BCUT2D eigenvalue weighted by Crippen LogP contribution is -2.62. The van der Waals surface area contributed by atoms with Crippen LogP contribution >= 0.6 is 0 Å². The van der Waals surface area contributed by atoms with Gasteiger partial charge in [0.05, 0.1) is 12.5 Å². The molecule has 1 aliphatic rings. The van der Waals surface area contributed by atoms with Crippen LogP contribution in [0.15, 0.2) is 0 Å². The second kappa shape index (κ2) is 55.7. The van der Waals surface area contributed by atoms with E-state index in [1.807, 2.05) is 0 Å². The Bertz CT molecular complexity index is 3480. The third-order valence-corrected chi connectivity index (χ3v) is 20.0. The topological polar surface area (TPSA) is 620 Å². The maximum atomic E-state index is 15.1. The molecule has 688 valence electrons. The number of aliphatic hydroxyl groups excluding tert-OH is 1. The third kappa shape index (κ3) is 43.3. The molecule has 0 unspecified atom stereocenters. The summed E-state index contributed by atoms with van der Waals surface area (Å²) in [6.45, 7) is 28.7. The van der Waals surface area contributed by atoms with Crippen LogP contribution in [0, 0.1) is 47.3 Å². The van der Waals surface area contributed by atoms with Crippen LogP contribution < -0.4 is 91.6 Å². The fourth-order valence-electron chi connectivity index (χ4n) is 13.0. The number of primary amides is 3. The van der Waals surface area contributed by atoms with Gasteiger partial charge in [-0.25, -0.2) is 4.79 Å². The fraction of sp³-hybridized carbons (Fsp3) is 0.768. The molecular weight excluding hydrogens is 1570 g/mol. The van der Waals surface area contributed by atoms with Crippen LogP contribution in [-0.2, 0) is 95.8 Å². The van der Waals surface area contributed by atoms with Gasteiger partial charge < -0.3 is 107 Å². The molecule has 0 aromatic carbocycles. The number of carbonyl (C=O) groups is 19. The Hall–Kier alpha value is -10.1. The van der Waals surface area contributed by atoms with Crippen molar-refractivity contribution in [2.75, 3.05) is 6.61 Å². The molecule has 121 heavy (non-hydrogen) atoms. The van der Waals surface area contributed by atoms with E-state index < -0.39 is 285 Å². The highest BCUT2D eigenvalue weighted by Crippen LogP contribution is 2.19. The number of unbranched alkanes of at least 4 members (excludes halogenated alkanes) is 4. The summed E-state index contributed by atoms with van der Waals surface area (Å²) in [5, 5.41) is 56.1. The highest BCUT2D eigenvalue weighted by molar-refractivity contribution is 6.01. The minimum Gasteiger partial charge on any atom is -0.481 e. The molecule has 1 rings (SSSR count). The molecule has 22 N–H and O–H groups in total. The quantitative estimate of drug-likeness (QED) is 0.0275. The zero-order chi connectivity index (χ0) is 92.4. The minimum absolute atomic E-state index is 0.0391. The van der Waals surface area contributed by atoms with Crippen LogP contribution in [0.25, 0.3) is 0 Å². The second-order valence-electron chi connectivity index (χ2n) is 34.5. The van der Waals surface area contributed by atoms with Crippen LogP contribution in [0.3, 0.4) is 0 Å². The van der Waals surface area contributed by atoms with Crippen LogP contribution in [0.1, 0.15) is 259 Å². The summed E-state index contributed by atoms with van der Waals surface area (Å²) in [5.74, 6) is -23.2. The Labute approximate surface area is 711 Å². The number of carboxylic acids is 1. The van der Waals surface area contributed by atoms with E-state index in [0.717, 1.165) is 25.7 Å². The van der Waals surface area contributed by atoms with Gasteiger partial charge in [-0.2, -0.15) is 0 Å². The number of amides is 17. The first-order valence-electron chi connectivity index (χ1n) is 42.6. The standard InChI is InChI=1S/C82H143N17O22/c1-19-21-22-23-24-25-50(100)39-64(104)87-55(34-41(3)4)74(112)91-54(29-33-65(105)106)70(108)86-49(18)69(107)97-66(46(13)14)80(118)94-58(37-44(9)10)77(115)89-52(27-31-62(84)102)72(110)96-60-40-121-82(120)68(48(17)20-2)99-73(111)53(28-32-63(85)103)90-75(113)56(35-42(5)6)93-78(116)57(36-43(7)8)92-71(109)51(26-30-61(83)101)88-76(114)59(38-45(11)12)95-81(119)67(47(15)16)98-79(60)117/h41-60,66-68,100H,19-40H2,1-18H3,(H2,83,101)(H2,84,102)(H2,85,103)(H,86,108)(H,87,104)(H,88,114)(H,89,115)(H,90,113)(H,91,112)(H,92,109)(H,93,116)(H,94,118)(H,95,119)(H,96,110)(H,97,107)(H,98,117)(H,99,111)(H,105,106)/t48-,49+,50+,51+,52-,53+,54+,55-,56-,57-,58+,59+,60+,66+,67+,68-/m0/s1. The smallest absolute Gasteiger partial charge is 0.329 e. The van der Waals surface area contributed by atoms with Crippen LogP contribution in [-0.4, -0.2) is 220 Å². The SMILES string of the molecule is CCCCCCC[C@@H](O)CC(=O)N[C@@H](CC(C)C)C(=O)N[C@H](CCC(=O)O)C(=O)N[C@H](C)C(=O)N[C@@H](C(=O)N[C@H](CC(C)C)C(=O)N[C@@H](CCC(N)=O)C(=O)N[C@@H]1COC(=O)[C@H]([C@@H](C)CC)NC(=O)[C@@H](CCC(N)=O)NC(=O)[C@H](CC(C)C)NC(=O)[C@H](CC(C)C)NC(=O)[C@@H](CCC(N)=O)NC(=O)[C@@H](CC(C)C)NC(=O)[C@@H](C(C)C)NC1=O)C(C)C. The zero-order valence-electron chi connectivity index (χ0n) is 74.1. The number of cyclic esters (lactones) is 1. The van der Waals surface area contributed by atoms with Gasteiger partial charge in [0.1, 0.15) is 91.2 Å². The highest BCUT2D eigenvalue weighted by Gasteiger charge is 2.41. The summed E-state index contributed by atoms with van der Waals surface area (Å²) in [5.41, 5.74) is 16.7. The maximum absolute atomic E-state index is 15.1. The predicted octanol–water partition coefficient (Wildman–Crippen LogP) is -0.288. The molecule has 1 aliphatic heterocycles. The Morgan fingerprint density at radius 3 is 1.26 bits per heavy atom. The Morgan fingerprint density at radius 2 is 0.826 bits per heavy atom. The van der Waals surface area contributed by atoms with E-state index in [1.54, 1.807) is 76.2 Å². The number of hydrogen-bond acceptors (Lipinski definition) is 21. The number of nitrogens with two attached hydrogens (primary N) is 3. The molecule has 39 nitrogen and oxygen atoms in total. The highest BCUT2D eigenvalue weighted by atomic mass is 16.5. The van der Waals surface area contributed by atoms with E-state index in [4.69, 9.17) is 21.9 Å². The molecule has 0 spiro atoms. The number of ether oxygens (including phenoxy) is 1. The molecule has 39 heteroatoms. The van der Waals surface area contributed by atoms with E-state index in [1.165, 1.54) is 41.5 Å². The normalized spacial score (nSPS) is 20.9. The van der Waals surface area contributed by atoms with Gasteiger partial charge in [-0.3, -0.25) is 86.3 Å². The largest absolute Gasteiger partial charge is 0.481 e. The monoisotopic (exact) mass is 1720 g/mol. The van der Waals surface area contributed by atoms with Crippen LogP contribution in [0.2, 0.25) is 0 Å². The molecule has 17 amide bonds. The molecular formula is C82H143N17O22. The fourth-order valence-corrected chi connectivity index (χ4v) is 13.0. The van der Waals surface area contributed by atoms with Gasteiger partial charge in [-0.05, 0) is 118 Å². The van der Waals surface area contributed by atoms with E-state index in [9.17, 15) is 91.7 Å². The number of carbonyl (C=O) groups excluding carboxylic acids is 18. The number of nitrogens with one attached hydrogen (secondary N) is 14. The lowest BCUT2D eigenvalue weighted by molar-refractivity contribution is -0.152. The summed E-state index contributed by atoms with van der Waals surface area (Å²) < 4.78 is 5.79. The van der Waals surface area contributed by atoms with Crippen molar-refractivity contribution in [2.45, 2.75) is 350 Å². The summed E-state index contributed by atoms with van der Waals surface area (Å²) in [4.78, 5) is 266. The number of carboxylic acid groups (broad SMARTS) is 1. The van der Waals surface area contributed by atoms with Crippen molar-refractivity contribution in [1.29, 1.82) is 0 Å². The molecule has 1 saturated heterocycles. The molecule has 0 saturated carbocycles. The van der Waals surface area contributed by atoms with E-state index in [0.29, 0.717) is 12.8 Å². The summed E-state index contributed by atoms with van der Waals surface area (Å²) in [7, 11) is 0. The Morgan fingerprint density at radius 1 is 0.421 bits per heavy atom. The second-order valence-corrected chi connectivity index (χ2v) is 34.5. The first-order chi connectivity index (χ1) is 56.4. The van der Waals surface area contributed by atoms with Crippen molar-refractivity contribution in [1.82, 2.24) is 74.4 Å². The average molecular weight is 1720 g/mol. The third-order valence-electron chi connectivity index (χ3n) is 20.0. The average Bonchev–Trinajstić information content (AvgIpc) is 0.870. The van der Waals surface area contributed by atoms with Crippen LogP contribution in [0.4, 0.5) is 0 Å². The molecule has 16 atom stereocenters. The van der Waals surface area contributed by atoms with Crippen molar-refractivity contribution in [3.8, 4) is 0 Å². The van der Waals surface area contributed by atoms with Crippen molar-refractivity contribution in [3.63, 3.8) is 0 Å². The van der Waals surface area contributed by atoms with Gasteiger partial charge in [-0.15, -0.1) is 0 Å². The van der Waals surface area contributed by atoms with Gasteiger partial charge in [-0.1, -0.05) is 156 Å². The minimum atomic E-state index is -2.08. The lowest BCUT2D eigenvalue weighted by atomic mass is 9.97. The molecule has 0 radical (unpaired) electrons. The van der Waals surface area contributed by atoms with Gasteiger partial charge in [0, 0.05) is 25.7 Å². The van der Waals surface area contributed by atoms with Gasteiger partial charge in [0.15, 0.2) is 0 Å². The van der Waals surface area contributed by atoms with Crippen molar-refractivity contribution in [2.24, 2.45) is 64.5 Å². The predicted molar refractivity (Wildman–Crippen MR) is 446 cm³/mol. The van der Waals surface area contributed by atoms with Crippen LogP contribution in [0.5, 0.6) is 0 Å². The van der Waals surface area contributed by atoms with E-state index in [-0.39, 0.29) is 68.6 Å². The summed E-state index contributed by atoms with van der Waals surface area (Å²) in [6.07, 6.45) is -0.608. The van der Waals surface area contributed by atoms with Crippen molar-refractivity contribution in [3.05, 3.63) is 0 Å². The summed E-state index contributed by atoms with van der Waals surface area (Å²) >= 11 is 0. The first-order valence-corrected chi connectivity index (χ1v) is 42.6. The van der Waals surface area contributed by atoms with Crippen molar-refractivity contribution < 1.29 is 106 Å². The lowest BCUT2D eigenvalue weighted by Gasteiger charge is -2.30. The Balaban J connectivity index is 4.12. The molecule has 1 fully saturated rings. The first kappa shape index (κ1) is 109. The summed E-state index contributed by atoms with van der Waals surface area (Å²) in [6, 6.07) is -22.1. The number of hydrogen-bond donors (Lipinski definition) is 19. The van der Waals surface area contributed by atoms with Crippen molar-refractivity contribution >= 4 is 112 Å². The molecule has 0 aromatic heterocycles. The van der Waals surface area contributed by atoms with Gasteiger partial charge >= 0.3 is 11.9 Å². The molecule has 0 bridgehead atoms. The molecule has 0 aliphatic carbocycles. The maximum Gasteiger partial charge on any atom is 0.329 e. The number of esters is 1. The Kier molecular flexibility index (Phi) is 50.2. The van der Waals surface area contributed by atoms with E-state index >= 15 is 9.59 Å². The van der Waals surface area contributed by atoms with Gasteiger partial charge in [0.25, 0.3) is 0 Å². The van der Waals surface area contributed by atoms with E-state index in [2.05, 4.69) is 81.4 Å². The molecule has 0 aromatic rings.